The molecular weight excluding hydrogens is 304 g/mol. The van der Waals surface area contributed by atoms with E-state index >= 15 is 0 Å². The molecule has 2 heterocycles. The molecule has 2 amide bonds. The van der Waals surface area contributed by atoms with Gasteiger partial charge in [0.15, 0.2) is 6.10 Å². The van der Waals surface area contributed by atoms with Gasteiger partial charge in [-0.2, -0.15) is 0 Å². The van der Waals surface area contributed by atoms with E-state index in [1.807, 2.05) is 29.2 Å². The average molecular weight is 330 g/mol. The normalized spacial score (nSPS) is 24.5. The van der Waals surface area contributed by atoms with E-state index in [0.29, 0.717) is 37.7 Å². The first-order valence-electron chi connectivity index (χ1n) is 8.71. The lowest BCUT2D eigenvalue weighted by molar-refractivity contribution is -0.137. The van der Waals surface area contributed by atoms with Crippen LogP contribution in [0.4, 0.5) is 0 Å². The molecule has 0 aromatic heterocycles. The zero-order chi connectivity index (χ0) is 17.3. The van der Waals surface area contributed by atoms with Gasteiger partial charge in [-0.05, 0) is 37.0 Å². The summed E-state index contributed by atoms with van der Waals surface area (Å²) >= 11 is 0. The van der Waals surface area contributed by atoms with E-state index in [9.17, 15) is 9.59 Å². The number of carbonyl (C=O) groups excluding carboxylic acids is 2. The van der Waals surface area contributed by atoms with Crippen LogP contribution >= 0.6 is 0 Å². The maximum Gasteiger partial charge on any atom is 0.263 e. The maximum atomic E-state index is 12.6. The molecule has 2 unspecified atom stereocenters. The zero-order valence-electron chi connectivity index (χ0n) is 14.7. The van der Waals surface area contributed by atoms with Crippen LogP contribution in [0.15, 0.2) is 24.3 Å². The van der Waals surface area contributed by atoms with Crippen LogP contribution in [-0.2, 0) is 9.59 Å². The molecule has 2 atom stereocenters. The summed E-state index contributed by atoms with van der Waals surface area (Å²) in [6.45, 7) is 8.11. The Hall–Kier alpha value is -2.04. The number of nitrogens with zero attached hydrogens (tertiary/aromatic N) is 1. The number of hydrogen-bond donors (Lipinski definition) is 1. The van der Waals surface area contributed by atoms with Crippen LogP contribution in [0, 0.1) is 5.41 Å². The number of likely N-dealkylation sites (tertiary alicyclic amines) is 1. The smallest absolute Gasteiger partial charge is 0.263 e. The van der Waals surface area contributed by atoms with Gasteiger partial charge in [0.25, 0.3) is 5.91 Å². The molecule has 1 aromatic carbocycles. The molecule has 2 aliphatic rings. The lowest BCUT2D eigenvalue weighted by Crippen LogP contribution is -2.40. The van der Waals surface area contributed by atoms with Crippen LogP contribution in [0.1, 0.15) is 45.1 Å². The van der Waals surface area contributed by atoms with Crippen LogP contribution in [0.3, 0.4) is 0 Å². The van der Waals surface area contributed by atoms with E-state index < -0.39 is 6.10 Å². The van der Waals surface area contributed by atoms with Crippen molar-refractivity contribution >= 4 is 11.8 Å². The zero-order valence-corrected chi connectivity index (χ0v) is 14.7. The molecule has 5 nitrogen and oxygen atoms in total. The summed E-state index contributed by atoms with van der Waals surface area (Å²) in [5, 5.41) is 2.89. The van der Waals surface area contributed by atoms with Gasteiger partial charge in [0.05, 0.1) is 0 Å². The van der Waals surface area contributed by atoms with Crippen LogP contribution in [-0.4, -0.2) is 42.5 Å². The second-order valence-electron chi connectivity index (χ2n) is 7.45. The van der Waals surface area contributed by atoms with Crippen molar-refractivity contribution < 1.29 is 14.3 Å². The Bertz CT molecular complexity index is 626. The van der Waals surface area contributed by atoms with Crippen LogP contribution in [0.25, 0.3) is 0 Å². The van der Waals surface area contributed by atoms with Gasteiger partial charge < -0.3 is 15.0 Å². The lowest BCUT2D eigenvalue weighted by atomic mass is 9.86. The van der Waals surface area contributed by atoms with E-state index in [1.165, 1.54) is 5.56 Å². The van der Waals surface area contributed by atoms with E-state index in [1.54, 1.807) is 6.92 Å². The molecule has 0 radical (unpaired) electrons. The highest BCUT2D eigenvalue weighted by atomic mass is 16.5. The van der Waals surface area contributed by atoms with Crippen LogP contribution < -0.4 is 10.1 Å². The van der Waals surface area contributed by atoms with Crippen molar-refractivity contribution in [3.63, 3.8) is 0 Å². The van der Waals surface area contributed by atoms with E-state index in [4.69, 9.17) is 4.74 Å². The summed E-state index contributed by atoms with van der Waals surface area (Å²) in [6.07, 6.45) is 0.894. The minimum absolute atomic E-state index is 0.000778. The third kappa shape index (κ3) is 3.40. The molecule has 130 valence electrons. The molecule has 0 bridgehead atoms. The second kappa shape index (κ2) is 6.46. The Morgan fingerprint density at radius 2 is 1.96 bits per heavy atom. The molecule has 0 saturated carbocycles. The highest BCUT2D eigenvalue weighted by molar-refractivity contribution is 5.82. The second-order valence-corrected chi connectivity index (χ2v) is 7.45. The summed E-state index contributed by atoms with van der Waals surface area (Å²) in [5.41, 5.74) is 1.19. The largest absolute Gasteiger partial charge is 0.481 e. The minimum Gasteiger partial charge on any atom is -0.481 e. The molecule has 2 saturated heterocycles. The average Bonchev–Trinajstić information content (AvgIpc) is 3.13. The van der Waals surface area contributed by atoms with Gasteiger partial charge in [0.2, 0.25) is 5.91 Å². The van der Waals surface area contributed by atoms with Crippen molar-refractivity contribution in [3.8, 4) is 5.75 Å². The first-order chi connectivity index (χ1) is 11.4. The Labute approximate surface area is 143 Å². The summed E-state index contributed by atoms with van der Waals surface area (Å²) in [4.78, 5) is 26.0. The predicted octanol–water partition coefficient (Wildman–Crippen LogP) is 2.32. The van der Waals surface area contributed by atoms with Crippen molar-refractivity contribution in [2.24, 2.45) is 5.41 Å². The number of hydrogen-bond acceptors (Lipinski definition) is 3. The molecule has 2 fully saturated rings. The fraction of sp³-hybridized carbons (Fsp3) is 0.579. The first-order valence-corrected chi connectivity index (χ1v) is 8.71. The number of rotatable bonds is 4. The highest BCUT2D eigenvalue weighted by Gasteiger charge is 2.45. The van der Waals surface area contributed by atoms with Crippen LogP contribution in [0.2, 0.25) is 0 Å². The Balaban J connectivity index is 1.58. The van der Waals surface area contributed by atoms with E-state index in [2.05, 4.69) is 19.2 Å². The third-order valence-electron chi connectivity index (χ3n) is 5.15. The van der Waals surface area contributed by atoms with Gasteiger partial charge in [-0.25, -0.2) is 0 Å². The number of nitrogens with one attached hydrogen (secondary N) is 1. The Kier molecular flexibility index (Phi) is 4.52. The van der Waals surface area contributed by atoms with Gasteiger partial charge in [0.1, 0.15) is 5.75 Å². The number of benzene rings is 1. The molecule has 24 heavy (non-hydrogen) atoms. The van der Waals surface area contributed by atoms with Gasteiger partial charge >= 0.3 is 0 Å². The van der Waals surface area contributed by atoms with Gasteiger partial charge in [-0.3, -0.25) is 9.59 Å². The van der Waals surface area contributed by atoms with Crippen molar-refractivity contribution in [1.29, 1.82) is 0 Å². The number of carbonyl (C=O) groups is 2. The minimum atomic E-state index is -0.518. The highest BCUT2D eigenvalue weighted by Crippen LogP contribution is 2.36. The van der Waals surface area contributed by atoms with Gasteiger partial charge in [-0.15, -0.1) is 0 Å². The molecule has 3 rings (SSSR count). The predicted molar refractivity (Wildman–Crippen MR) is 91.9 cm³/mol. The monoisotopic (exact) mass is 330 g/mol. The summed E-state index contributed by atoms with van der Waals surface area (Å²) < 4.78 is 5.82. The fourth-order valence-electron chi connectivity index (χ4n) is 3.61. The number of amides is 2. The van der Waals surface area contributed by atoms with Crippen LogP contribution in [0.5, 0.6) is 5.75 Å². The fourth-order valence-corrected chi connectivity index (χ4v) is 3.61. The van der Waals surface area contributed by atoms with E-state index in [0.717, 1.165) is 6.42 Å². The summed E-state index contributed by atoms with van der Waals surface area (Å²) in [6, 6.07) is 7.92. The maximum absolute atomic E-state index is 12.6. The van der Waals surface area contributed by atoms with Crippen molar-refractivity contribution in [2.45, 2.75) is 45.6 Å². The summed E-state index contributed by atoms with van der Waals surface area (Å²) in [7, 11) is 0. The SMILES string of the molecule is CC(Oc1ccc(C(C)C)cc1)C(=O)N1CCC2(CNC(=O)C2)C1. The topological polar surface area (TPSA) is 58.6 Å². The lowest BCUT2D eigenvalue weighted by Gasteiger charge is -2.24. The Morgan fingerprint density at radius 1 is 1.25 bits per heavy atom. The van der Waals surface area contributed by atoms with Crippen molar-refractivity contribution in [2.75, 3.05) is 19.6 Å². The van der Waals surface area contributed by atoms with Gasteiger partial charge in [0, 0.05) is 31.5 Å². The third-order valence-corrected chi connectivity index (χ3v) is 5.15. The van der Waals surface area contributed by atoms with Crippen molar-refractivity contribution in [3.05, 3.63) is 29.8 Å². The van der Waals surface area contributed by atoms with Crippen molar-refractivity contribution in [1.82, 2.24) is 10.2 Å². The summed E-state index contributed by atoms with van der Waals surface area (Å²) in [5.74, 6) is 1.28. The Morgan fingerprint density at radius 3 is 2.54 bits per heavy atom. The molecule has 0 aliphatic carbocycles. The van der Waals surface area contributed by atoms with Gasteiger partial charge in [-0.1, -0.05) is 26.0 Å². The molecule has 1 N–H and O–H groups in total. The molecule has 1 aromatic rings. The molecular formula is C19H26N2O3. The molecule has 1 spiro atoms. The molecule has 5 heteroatoms. The first kappa shape index (κ1) is 16.8. The standard InChI is InChI=1S/C19H26N2O3/c1-13(2)15-4-6-16(7-5-15)24-14(3)18(23)21-9-8-19(12-21)10-17(22)20-11-19/h4-7,13-14H,8-12H2,1-3H3,(H,20,22). The quantitative estimate of drug-likeness (QED) is 0.922. The van der Waals surface area contributed by atoms with E-state index in [-0.39, 0.29) is 17.2 Å². The number of ether oxygens (including phenoxy) is 1. The molecule has 2 aliphatic heterocycles.